The first kappa shape index (κ1) is 49.6. The maximum absolute atomic E-state index is 10.9. The summed E-state index contributed by atoms with van der Waals surface area (Å²) in [5.74, 6) is -0.628. The molecule has 0 unspecified atom stereocenters. The molecule has 0 aliphatic rings. The van der Waals surface area contributed by atoms with Gasteiger partial charge in [-0.1, -0.05) is 67.2 Å². The molecule has 0 bridgehead atoms. The molecule has 0 aliphatic heterocycles. The molecule has 0 radical (unpaired) electrons. The van der Waals surface area contributed by atoms with Crippen LogP contribution in [0.4, 0.5) is 0 Å². The van der Waals surface area contributed by atoms with Gasteiger partial charge in [-0.25, -0.2) is 0 Å². The van der Waals surface area contributed by atoms with Gasteiger partial charge in [-0.2, -0.15) is 0 Å². The van der Waals surface area contributed by atoms with Crippen LogP contribution in [0, 0.1) is 0 Å². The van der Waals surface area contributed by atoms with E-state index in [1.54, 1.807) is 13.8 Å². The molecule has 0 fully saturated rings. The van der Waals surface area contributed by atoms with Crippen molar-refractivity contribution in [2.24, 2.45) is 0 Å². The van der Waals surface area contributed by atoms with E-state index in [-0.39, 0.29) is 23.9 Å². The highest BCUT2D eigenvalue weighted by atomic mass is 16.5. The van der Waals surface area contributed by atoms with Crippen LogP contribution in [0.25, 0.3) is 0 Å². The summed E-state index contributed by atoms with van der Waals surface area (Å²) in [4.78, 5) is 42.7. The highest BCUT2D eigenvalue weighted by Crippen LogP contribution is 1.94. The molecule has 45 heavy (non-hydrogen) atoms. The van der Waals surface area contributed by atoms with Crippen molar-refractivity contribution in [3.63, 3.8) is 0 Å². The minimum Gasteiger partial charge on any atom is -0.469 e. The van der Waals surface area contributed by atoms with Crippen molar-refractivity contribution < 1.29 is 52.3 Å². The lowest BCUT2D eigenvalue weighted by atomic mass is 10.4. The first-order valence-electron chi connectivity index (χ1n) is 17.0. The summed E-state index contributed by atoms with van der Waals surface area (Å²) in [6, 6.07) is 0. The summed E-state index contributed by atoms with van der Waals surface area (Å²) < 4.78 is 34.4. The van der Waals surface area contributed by atoms with E-state index in [9.17, 15) is 19.2 Å². The molecule has 0 rings (SSSR count). The van der Waals surface area contributed by atoms with Crippen molar-refractivity contribution in [3.8, 4) is 0 Å². The van der Waals surface area contributed by atoms with E-state index in [1.165, 1.54) is 7.11 Å². The lowest BCUT2D eigenvalue weighted by Gasteiger charge is -2.03. The second-order valence-corrected chi connectivity index (χ2v) is 9.68. The topological polar surface area (TPSA) is 133 Å². The number of hydrogen-bond acceptors (Lipinski definition) is 11. The van der Waals surface area contributed by atoms with Crippen molar-refractivity contribution in [3.05, 3.63) is 0 Å². The van der Waals surface area contributed by atoms with Crippen LogP contribution in [-0.2, 0) is 52.3 Å². The van der Waals surface area contributed by atoms with Gasteiger partial charge in [0.25, 0.3) is 0 Å². The lowest BCUT2D eigenvalue weighted by Crippen LogP contribution is -2.09. The van der Waals surface area contributed by atoms with Crippen molar-refractivity contribution in [2.45, 2.75) is 132 Å². The van der Waals surface area contributed by atoms with Crippen LogP contribution in [0.5, 0.6) is 0 Å². The van der Waals surface area contributed by atoms with E-state index in [0.29, 0.717) is 65.3 Å². The Hall–Kier alpha value is -2.24. The Morgan fingerprint density at radius 3 is 1.13 bits per heavy atom. The van der Waals surface area contributed by atoms with Gasteiger partial charge in [0.1, 0.15) is 0 Å². The van der Waals surface area contributed by atoms with Crippen molar-refractivity contribution in [1.29, 1.82) is 0 Å². The van der Waals surface area contributed by atoms with Gasteiger partial charge in [0, 0.05) is 26.2 Å². The molecule has 0 aromatic rings. The number of hydrogen-bond donors (Lipinski definition) is 0. The molecular formula is C34H68O11. The Morgan fingerprint density at radius 2 is 0.778 bits per heavy atom. The molecule has 0 aromatic carbocycles. The van der Waals surface area contributed by atoms with Crippen LogP contribution in [0.1, 0.15) is 132 Å². The Balaban J connectivity index is -0.000000251. The van der Waals surface area contributed by atoms with Gasteiger partial charge in [-0.3, -0.25) is 19.2 Å². The van der Waals surface area contributed by atoms with E-state index >= 15 is 0 Å². The second-order valence-electron chi connectivity index (χ2n) is 9.68. The van der Waals surface area contributed by atoms with Gasteiger partial charge in [0.2, 0.25) is 0 Å². The third kappa shape index (κ3) is 54.6. The smallest absolute Gasteiger partial charge is 0.308 e. The van der Waals surface area contributed by atoms with Gasteiger partial charge < -0.3 is 33.2 Å². The molecule has 0 spiro atoms. The average Bonchev–Trinajstić information content (AvgIpc) is 3.04. The maximum atomic E-state index is 10.9. The number of carbonyl (C=O) groups is 4. The van der Waals surface area contributed by atoms with Crippen LogP contribution in [0.15, 0.2) is 0 Å². The Morgan fingerprint density at radius 1 is 0.400 bits per heavy atom. The molecule has 11 nitrogen and oxygen atoms in total. The Labute approximate surface area is 274 Å². The van der Waals surface area contributed by atoms with Crippen LogP contribution in [-0.4, -0.2) is 90.4 Å². The average molecular weight is 653 g/mol. The minimum atomic E-state index is -0.207. The molecule has 0 atom stereocenters. The molecule has 0 heterocycles. The molecule has 11 heteroatoms. The first-order valence-corrected chi connectivity index (χ1v) is 17.0. The minimum absolute atomic E-state index is 0.0940. The van der Waals surface area contributed by atoms with Crippen molar-refractivity contribution in [1.82, 2.24) is 0 Å². The number of unbranched alkanes of at least 4 members (excludes halogenated alkanes) is 4. The van der Waals surface area contributed by atoms with Gasteiger partial charge >= 0.3 is 23.9 Å². The zero-order valence-corrected chi connectivity index (χ0v) is 30.0. The number of methoxy groups -OCH3 is 1. The fourth-order valence-corrected chi connectivity index (χ4v) is 2.57. The number of rotatable bonds is 25. The molecule has 0 aliphatic carbocycles. The molecular weight excluding hydrogens is 584 g/mol. The van der Waals surface area contributed by atoms with E-state index in [0.717, 1.165) is 77.6 Å². The van der Waals surface area contributed by atoms with Crippen LogP contribution >= 0.6 is 0 Å². The zero-order valence-electron chi connectivity index (χ0n) is 30.0. The number of esters is 4. The molecule has 0 saturated heterocycles. The van der Waals surface area contributed by atoms with Crippen LogP contribution in [0.3, 0.4) is 0 Å². The standard InChI is InChI=1S/C10H20O3.C9H18O3.C8H16O3.C7H14O2/c1-3-5-8-12-9-6-10(11)13-7-4-2;1-3-5-7-11-8-6-9(10)12-4-2;1-3-4-6-11-7-5-8(9)10-2;1-3-5-6-9-7(8)4-2/h3-9H2,1-2H3;3-8H2,1-2H3;3-7H2,1-2H3;3-6H2,1-2H3. The zero-order chi connectivity index (χ0) is 34.8. The van der Waals surface area contributed by atoms with Crippen molar-refractivity contribution in [2.75, 3.05) is 66.6 Å². The molecule has 0 N–H and O–H groups in total. The quantitative estimate of drug-likeness (QED) is 0.0573. The largest absolute Gasteiger partial charge is 0.469 e. The summed E-state index contributed by atoms with van der Waals surface area (Å²) in [5, 5.41) is 0. The van der Waals surface area contributed by atoms with Gasteiger partial charge in [-0.05, 0) is 39.0 Å². The van der Waals surface area contributed by atoms with E-state index in [1.807, 2.05) is 6.92 Å². The van der Waals surface area contributed by atoms with E-state index < -0.39 is 0 Å². The summed E-state index contributed by atoms with van der Waals surface area (Å²) in [6.07, 6.45) is 11.1. The fraction of sp³-hybridized carbons (Fsp3) is 0.882. The van der Waals surface area contributed by atoms with Crippen LogP contribution in [0.2, 0.25) is 0 Å². The molecule has 270 valence electrons. The summed E-state index contributed by atoms with van der Waals surface area (Å²) in [5.41, 5.74) is 0. The van der Waals surface area contributed by atoms with Crippen molar-refractivity contribution >= 4 is 23.9 Å². The Bertz CT molecular complexity index is 627. The predicted octanol–water partition coefficient (Wildman–Crippen LogP) is 7.01. The van der Waals surface area contributed by atoms with E-state index in [4.69, 9.17) is 28.4 Å². The third-order valence-electron chi connectivity index (χ3n) is 5.33. The summed E-state index contributed by atoms with van der Waals surface area (Å²) in [7, 11) is 1.38. The fourth-order valence-electron chi connectivity index (χ4n) is 2.57. The van der Waals surface area contributed by atoms with Crippen LogP contribution < -0.4 is 0 Å². The highest BCUT2D eigenvalue weighted by Gasteiger charge is 2.01. The normalized spacial score (nSPS) is 9.69. The number of ether oxygens (including phenoxy) is 7. The molecule has 0 saturated carbocycles. The molecule has 0 aromatic heterocycles. The Kier molecular flexibility index (Phi) is 50.9. The predicted molar refractivity (Wildman–Crippen MR) is 177 cm³/mol. The summed E-state index contributed by atoms with van der Waals surface area (Å²) in [6.45, 7) is 19.2. The number of carbonyl (C=O) groups excluding carboxylic acids is 4. The highest BCUT2D eigenvalue weighted by molar-refractivity contribution is 5.70. The van der Waals surface area contributed by atoms with Gasteiger partial charge in [0.15, 0.2) is 0 Å². The molecule has 0 amide bonds. The lowest BCUT2D eigenvalue weighted by molar-refractivity contribution is -0.145. The monoisotopic (exact) mass is 652 g/mol. The van der Waals surface area contributed by atoms with E-state index in [2.05, 4.69) is 32.4 Å². The van der Waals surface area contributed by atoms with Gasteiger partial charge in [0.05, 0.1) is 66.0 Å². The summed E-state index contributed by atoms with van der Waals surface area (Å²) >= 11 is 0. The second kappa shape index (κ2) is 46.2. The SMILES string of the molecule is CCCCOC(=O)CC.CCCCOCCC(=O)OC.CCCCOCCC(=O)OCC.CCCCOCCC(=O)OCCC. The third-order valence-corrected chi connectivity index (χ3v) is 5.33. The first-order chi connectivity index (χ1) is 21.7. The maximum Gasteiger partial charge on any atom is 0.308 e. The van der Waals surface area contributed by atoms with Gasteiger partial charge in [-0.15, -0.1) is 0 Å².